The van der Waals surface area contributed by atoms with Gasteiger partial charge in [0.2, 0.25) is 0 Å². The molecule has 1 amide bonds. The van der Waals surface area contributed by atoms with E-state index in [0.717, 1.165) is 35.9 Å². The number of benzene rings is 1. The van der Waals surface area contributed by atoms with Crippen LogP contribution in [0.5, 0.6) is 0 Å². The zero-order chi connectivity index (χ0) is 18.4. The molecule has 134 valence electrons. The molecular formula is C20H21N3O3. The van der Waals surface area contributed by atoms with Gasteiger partial charge in [0.25, 0.3) is 5.91 Å². The molecule has 0 aliphatic carbocycles. The third-order valence-electron chi connectivity index (χ3n) is 4.36. The fourth-order valence-corrected chi connectivity index (χ4v) is 2.96. The van der Waals surface area contributed by atoms with Crippen molar-refractivity contribution in [1.82, 2.24) is 9.88 Å². The van der Waals surface area contributed by atoms with Crippen LogP contribution in [0.4, 0.5) is 5.82 Å². The Balaban J connectivity index is 1.51. The molecule has 1 fully saturated rings. The molecule has 6 nitrogen and oxygen atoms in total. The normalized spacial score (nSPS) is 15.2. The molecule has 0 unspecified atom stereocenters. The van der Waals surface area contributed by atoms with E-state index in [1.807, 2.05) is 47.4 Å². The molecule has 1 aliphatic rings. The molecule has 3 rings (SSSR count). The first-order valence-corrected chi connectivity index (χ1v) is 8.60. The lowest BCUT2D eigenvalue weighted by atomic mass is 10.0. The Bertz CT molecular complexity index is 780. The number of carboxylic acids is 1. The molecule has 0 spiro atoms. The van der Waals surface area contributed by atoms with Crippen LogP contribution in [0.1, 0.15) is 28.8 Å². The van der Waals surface area contributed by atoms with Crippen LogP contribution in [-0.4, -0.2) is 46.0 Å². The van der Waals surface area contributed by atoms with Crippen molar-refractivity contribution in [2.45, 2.75) is 18.9 Å². The predicted molar refractivity (Wildman–Crippen MR) is 99.9 cm³/mol. The number of pyridine rings is 1. The van der Waals surface area contributed by atoms with E-state index < -0.39 is 5.97 Å². The number of likely N-dealkylation sites (tertiary alicyclic amines) is 1. The summed E-state index contributed by atoms with van der Waals surface area (Å²) >= 11 is 0. The van der Waals surface area contributed by atoms with Crippen molar-refractivity contribution in [1.29, 1.82) is 0 Å². The van der Waals surface area contributed by atoms with Gasteiger partial charge in [0.05, 0.1) is 0 Å². The summed E-state index contributed by atoms with van der Waals surface area (Å²) in [6.07, 6.45) is 5.95. The number of piperidine rings is 1. The van der Waals surface area contributed by atoms with E-state index in [4.69, 9.17) is 5.11 Å². The van der Waals surface area contributed by atoms with Crippen molar-refractivity contribution in [3.8, 4) is 0 Å². The summed E-state index contributed by atoms with van der Waals surface area (Å²) in [5.41, 5.74) is 1.46. The Morgan fingerprint density at radius 3 is 2.46 bits per heavy atom. The Morgan fingerprint density at radius 2 is 1.85 bits per heavy atom. The molecule has 2 heterocycles. The number of rotatable bonds is 5. The smallest absolute Gasteiger partial charge is 0.328 e. The average Bonchev–Trinajstić information content (AvgIpc) is 2.68. The monoisotopic (exact) mass is 351 g/mol. The number of carbonyl (C=O) groups is 2. The minimum absolute atomic E-state index is 0.0803. The van der Waals surface area contributed by atoms with Crippen LogP contribution in [0.25, 0.3) is 6.08 Å². The van der Waals surface area contributed by atoms with Crippen LogP contribution in [0.3, 0.4) is 0 Å². The average molecular weight is 351 g/mol. The van der Waals surface area contributed by atoms with Crippen LogP contribution in [-0.2, 0) is 4.79 Å². The first-order valence-electron chi connectivity index (χ1n) is 8.60. The molecule has 1 saturated heterocycles. The summed E-state index contributed by atoms with van der Waals surface area (Å²) in [4.78, 5) is 29.2. The van der Waals surface area contributed by atoms with Gasteiger partial charge in [0, 0.05) is 37.0 Å². The second-order valence-electron chi connectivity index (χ2n) is 6.23. The molecule has 0 saturated carbocycles. The van der Waals surface area contributed by atoms with Gasteiger partial charge in [-0.1, -0.05) is 18.2 Å². The maximum absolute atomic E-state index is 12.5. The molecule has 2 N–H and O–H groups in total. The fourth-order valence-electron chi connectivity index (χ4n) is 2.96. The number of carbonyl (C=O) groups excluding carboxylic acids is 1. The molecule has 26 heavy (non-hydrogen) atoms. The minimum Gasteiger partial charge on any atom is -0.478 e. The Morgan fingerprint density at radius 1 is 1.12 bits per heavy atom. The van der Waals surface area contributed by atoms with Crippen molar-refractivity contribution in [2.24, 2.45) is 0 Å². The minimum atomic E-state index is -0.982. The summed E-state index contributed by atoms with van der Waals surface area (Å²) in [7, 11) is 0. The quantitative estimate of drug-likeness (QED) is 0.810. The van der Waals surface area contributed by atoms with Gasteiger partial charge in [-0.3, -0.25) is 4.79 Å². The van der Waals surface area contributed by atoms with Crippen LogP contribution >= 0.6 is 0 Å². The van der Waals surface area contributed by atoms with Crippen LogP contribution < -0.4 is 5.32 Å². The van der Waals surface area contributed by atoms with Gasteiger partial charge >= 0.3 is 5.97 Å². The van der Waals surface area contributed by atoms with Crippen molar-refractivity contribution in [2.75, 3.05) is 18.4 Å². The molecule has 0 atom stereocenters. The SMILES string of the molecule is O=C(O)C=Cc1ccc(NC2CCN(C(=O)c3ccccc3)CC2)nc1. The number of aliphatic carboxylic acids is 1. The number of amides is 1. The van der Waals surface area contributed by atoms with E-state index in [1.165, 1.54) is 6.08 Å². The number of aromatic nitrogens is 1. The summed E-state index contributed by atoms with van der Waals surface area (Å²) in [5.74, 6) is -0.147. The van der Waals surface area contributed by atoms with Gasteiger partial charge in [-0.2, -0.15) is 0 Å². The summed E-state index contributed by atoms with van der Waals surface area (Å²) in [6, 6.07) is 13.3. The van der Waals surface area contributed by atoms with Gasteiger partial charge in [0.1, 0.15) is 5.82 Å². The summed E-state index contributed by atoms with van der Waals surface area (Å²) < 4.78 is 0. The molecule has 0 bridgehead atoms. The van der Waals surface area contributed by atoms with Gasteiger partial charge < -0.3 is 15.3 Å². The maximum atomic E-state index is 12.5. The Kier molecular flexibility index (Phi) is 5.63. The van der Waals surface area contributed by atoms with Crippen molar-refractivity contribution >= 4 is 23.8 Å². The van der Waals surface area contributed by atoms with E-state index in [9.17, 15) is 9.59 Å². The van der Waals surface area contributed by atoms with Gasteiger partial charge in [-0.25, -0.2) is 9.78 Å². The lowest BCUT2D eigenvalue weighted by Gasteiger charge is -2.32. The van der Waals surface area contributed by atoms with E-state index in [-0.39, 0.29) is 11.9 Å². The third-order valence-corrected chi connectivity index (χ3v) is 4.36. The van der Waals surface area contributed by atoms with Crippen molar-refractivity contribution < 1.29 is 14.7 Å². The lowest BCUT2D eigenvalue weighted by Crippen LogP contribution is -2.42. The second kappa shape index (κ2) is 8.29. The molecule has 1 aliphatic heterocycles. The van der Waals surface area contributed by atoms with Crippen LogP contribution in [0.15, 0.2) is 54.7 Å². The molecule has 6 heteroatoms. The molecular weight excluding hydrogens is 330 g/mol. The fraction of sp³-hybridized carbons (Fsp3) is 0.250. The number of hydrogen-bond acceptors (Lipinski definition) is 4. The van der Waals surface area contributed by atoms with E-state index >= 15 is 0 Å². The highest BCUT2D eigenvalue weighted by Gasteiger charge is 2.23. The first-order chi connectivity index (χ1) is 12.6. The van der Waals surface area contributed by atoms with Gasteiger partial charge in [-0.15, -0.1) is 0 Å². The number of nitrogens with zero attached hydrogens (tertiary/aromatic N) is 2. The number of carboxylic acid groups (broad SMARTS) is 1. The zero-order valence-corrected chi connectivity index (χ0v) is 14.3. The van der Waals surface area contributed by atoms with E-state index in [1.54, 1.807) is 6.20 Å². The summed E-state index contributed by atoms with van der Waals surface area (Å²) in [6.45, 7) is 1.43. The number of hydrogen-bond donors (Lipinski definition) is 2. The van der Waals surface area contributed by atoms with Crippen LogP contribution in [0.2, 0.25) is 0 Å². The lowest BCUT2D eigenvalue weighted by molar-refractivity contribution is -0.131. The highest BCUT2D eigenvalue weighted by molar-refractivity contribution is 5.94. The Labute approximate surface area is 152 Å². The maximum Gasteiger partial charge on any atom is 0.328 e. The molecule has 0 radical (unpaired) electrons. The van der Waals surface area contributed by atoms with Gasteiger partial charge in [-0.05, 0) is 48.7 Å². The molecule has 1 aromatic carbocycles. The topological polar surface area (TPSA) is 82.5 Å². The van der Waals surface area contributed by atoms with Crippen molar-refractivity contribution in [3.05, 3.63) is 65.9 Å². The first kappa shape index (κ1) is 17.7. The number of anilines is 1. The molecule has 1 aromatic heterocycles. The largest absolute Gasteiger partial charge is 0.478 e. The number of nitrogens with one attached hydrogen (secondary N) is 1. The predicted octanol–water partition coefficient (Wildman–Crippen LogP) is 2.90. The Hall–Kier alpha value is -3.15. The highest BCUT2D eigenvalue weighted by Crippen LogP contribution is 2.17. The zero-order valence-electron chi connectivity index (χ0n) is 14.3. The van der Waals surface area contributed by atoms with E-state index in [0.29, 0.717) is 13.1 Å². The summed E-state index contributed by atoms with van der Waals surface area (Å²) in [5, 5.41) is 12.0. The highest BCUT2D eigenvalue weighted by atomic mass is 16.4. The van der Waals surface area contributed by atoms with E-state index in [2.05, 4.69) is 10.3 Å². The van der Waals surface area contributed by atoms with Crippen LogP contribution in [0, 0.1) is 0 Å². The third kappa shape index (κ3) is 4.69. The second-order valence-corrected chi connectivity index (χ2v) is 6.23. The standard InChI is InChI=1S/C20H21N3O3/c24-19(25)9-7-15-6-8-18(21-14-15)22-17-10-12-23(13-11-17)20(26)16-4-2-1-3-5-16/h1-9,14,17H,10-13H2,(H,21,22)(H,24,25). The molecule has 2 aromatic rings. The van der Waals surface area contributed by atoms with Gasteiger partial charge in [0.15, 0.2) is 0 Å². The van der Waals surface area contributed by atoms with Crippen molar-refractivity contribution in [3.63, 3.8) is 0 Å².